The number of benzene rings is 1. The molecule has 0 fully saturated rings. The van der Waals surface area contributed by atoms with E-state index in [1.165, 1.54) is 24.4 Å². The molecule has 0 aliphatic heterocycles. The zero-order chi connectivity index (χ0) is 20.5. The van der Waals surface area contributed by atoms with Crippen molar-refractivity contribution in [2.45, 2.75) is 18.2 Å². The fourth-order valence-electron chi connectivity index (χ4n) is 2.85. The van der Waals surface area contributed by atoms with Gasteiger partial charge in [0.1, 0.15) is 5.52 Å². The lowest BCUT2D eigenvalue weighted by atomic mass is 10.1. The first-order valence-corrected chi connectivity index (χ1v) is 9.78. The number of carbonyl (C=O) groups is 2. The highest BCUT2D eigenvalue weighted by molar-refractivity contribution is 7.89. The van der Waals surface area contributed by atoms with Gasteiger partial charge < -0.3 is 19.8 Å². The number of esters is 1. The molecule has 0 saturated heterocycles. The monoisotopic (exact) mass is 407 g/mol. The number of aromatic amines is 2. The topological polar surface area (TPSA) is 158 Å². The van der Waals surface area contributed by atoms with Gasteiger partial charge in [-0.2, -0.15) is 0 Å². The maximum absolute atomic E-state index is 12.5. The van der Waals surface area contributed by atoms with Crippen LogP contribution in [0.1, 0.15) is 23.7 Å². The Hall–Kier alpha value is -3.18. The number of carboxylic acids is 1. The van der Waals surface area contributed by atoms with Gasteiger partial charge in [-0.25, -0.2) is 17.9 Å². The van der Waals surface area contributed by atoms with Crippen molar-refractivity contribution in [2.24, 2.45) is 0 Å². The number of hydrogen-bond acceptors (Lipinski definition) is 6. The molecule has 1 aromatic carbocycles. The Balaban J connectivity index is 2.03. The molecule has 4 N–H and O–H groups in total. The van der Waals surface area contributed by atoms with Gasteiger partial charge in [-0.3, -0.25) is 9.59 Å². The summed E-state index contributed by atoms with van der Waals surface area (Å²) in [4.78, 5) is 40.0. The number of nitrogens with one attached hydrogen (secondary N) is 3. The third kappa shape index (κ3) is 3.62. The molecule has 0 unspecified atom stereocenters. The molecule has 0 radical (unpaired) electrons. The Morgan fingerprint density at radius 1 is 1.29 bits per heavy atom. The van der Waals surface area contributed by atoms with E-state index in [1.807, 2.05) is 0 Å². The third-order valence-electron chi connectivity index (χ3n) is 4.08. The standard InChI is InChI=1S/C17H17N3O7S/c1-2-27-13(21)5-6-19-28(25,26)9-3-4-12-10(7-9)14-11(17(23)24)8-18-15(14)16(22)20-12/h3-4,7-8,18-19H,2,5-6H2,1H3,(H,20,22)(H,23,24). The number of fused-ring (bicyclic) bond motifs is 3. The molecule has 28 heavy (non-hydrogen) atoms. The van der Waals surface area contributed by atoms with Crippen LogP contribution in [0.4, 0.5) is 0 Å². The summed E-state index contributed by atoms with van der Waals surface area (Å²) in [6, 6.07) is 3.94. The van der Waals surface area contributed by atoms with E-state index in [2.05, 4.69) is 14.7 Å². The van der Waals surface area contributed by atoms with Gasteiger partial charge in [0.25, 0.3) is 5.56 Å². The van der Waals surface area contributed by atoms with Crippen molar-refractivity contribution in [3.05, 3.63) is 40.3 Å². The van der Waals surface area contributed by atoms with E-state index in [9.17, 15) is 27.9 Å². The van der Waals surface area contributed by atoms with Crippen molar-refractivity contribution in [3.8, 4) is 0 Å². The van der Waals surface area contributed by atoms with Crippen LogP contribution in [0.5, 0.6) is 0 Å². The lowest BCUT2D eigenvalue weighted by Gasteiger charge is -2.08. The lowest BCUT2D eigenvalue weighted by molar-refractivity contribution is -0.142. The molecule has 0 spiro atoms. The number of pyridine rings is 1. The second kappa shape index (κ2) is 7.44. The number of aromatic nitrogens is 2. The molecular weight excluding hydrogens is 390 g/mol. The number of H-pyrrole nitrogens is 2. The molecule has 0 saturated carbocycles. The number of rotatable bonds is 7. The average Bonchev–Trinajstić information content (AvgIpc) is 3.08. The number of carboxylic acid groups (broad SMARTS) is 1. The van der Waals surface area contributed by atoms with E-state index in [0.717, 1.165) is 0 Å². The molecule has 0 amide bonds. The Morgan fingerprint density at radius 2 is 2.04 bits per heavy atom. The van der Waals surface area contributed by atoms with Crippen LogP contribution in [0.3, 0.4) is 0 Å². The number of aromatic carboxylic acids is 1. The van der Waals surface area contributed by atoms with Crippen molar-refractivity contribution in [1.82, 2.24) is 14.7 Å². The second-order valence-corrected chi connectivity index (χ2v) is 7.64. The van der Waals surface area contributed by atoms with Gasteiger partial charge in [0.05, 0.1) is 23.5 Å². The number of carbonyl (C=O) groups excluding carboxylic acids is 1. The highest BCUT2D eigenvalue weighted by Gasteiger charge is 2.20. The van der Waals surface area contributed by atoms with E-state index in [1.54, 1.807) is 6.92 Å². The highest BCUT2D eigenvalue weighted by atomic mass is 32.2. The van der Waals surface area contributed by atoms with Crippen LogP contribution in [-0.2, 0) is 19.6 Å². The minimum Gasteiger partial charge on any atom is -0.478 e. The first-order valence-electron chi connectivity index (χ1n) is 8.30. The molecule has 0 atom stereocenters. The predicted molar refractivity (Wildman–Crippen MR) is 99.8 cm³/mol. The molecule has 148 valence electrons. The zero-order valence-corrected chi connectivity index (χ0v) is 15.6. The Labute approximate surface area is 158 Å². The van der Waals surface area contributed by atoms with Crippen LogP contribution in [0, 0.1) is 0 Å². The van der Waals surface area contributed by atoms with E-state index in [4.69, 9.17) is 4.74 Å². The fourth-order valence-corrected chi connectivity index (χ4v) is 3.90. The largest absolute Gasteiger partial charge is 0.478 e. The SMILES string of the molecule is CCOC(=O)CCNS(=O)(=O)c1ccc2[nH]c(=O)c3[nH]cc(C(=O)O)c3c2c1. The third-order valence-corrected chi connectivity index (χ3v) is 5.54. The van der Waals surface area contributed by atoms with Crippen molar-refractivity contribution in [2.75, 3.05) is 13.2 Å². The minimum absolute atomic E-state index is 0.0368. The number of ether oxygens (including phenoxy) is 1. The highest BCUT2D eigenvalue weighted by Crippen LogP contribution is 2.27. The van der Waals surface area contributed by atoms with Gasteiger partial charge in [0.15, 0.2) is 0 Å². The normalized spacial score (nSPS) is 11.8. The van der Waals surface area contributed by atoms with Crippen LogP contribution in [-0.4, -0.2) is 48.6 Å². The smallest absolute Gasteiger partial charge is 0.337 e. The van der Waals surface area contributed by atoms with Gasteiger partial charge in [-0.1, -0.05) is 0 Å². The summed E-state index contributed by atoms with van der Waals surface area (Å²) in [5, 5.41) is 9.74. The number of sulfonamides is 1. The van der Waals surface area contributed by atoms with Crippen molar-refractivity contribution < 1.29 is 27.9 Å². The van der Waals surface area contributed by atoms with Crippen LogP contribution in [0.2, 0.25) is 0 Å². The summed E-state index contributed by atoms with van der Waals surface area (Å²) in [6.07, 6.45) is 1.06. The Kier molecular flexibility index (Phi) is 5.21. The molecule has 3 aromatic rings. The number of hydrogen-bond donors (Lipinski definition) is 4. The summed E-state index contributed by atoms with van der Waals surface area (Å²) >= 11 is 0. The minimum atomic E-state index is -3.96. The molecule has 2 aromatic heterocycles. The zero-order valence-electron chi connectivity index (χ0n) is 14.7. The predicted octanol–water partition coefficient (Wildman–Crippen LogP) is 0.939. The molecule has 0 aliphatic carbocycles. The van der Waals surface area contributed by atoms with E-state index in [0.29, 0.717) is 5.52 Å². The molecule has 3 rings (SSSR count). The Morgan fingerprint density at radius 3 is 2.71 bits per heavy atom. The van der Waals surface area contributed by atoms with Gasteiger partial charge in [0, 0.05) is 29.0 Å². The van der Waals surface area contributed by atoms with E-state index < -0.39 is 27.5 Å². The van der Waals surface area contributed by atoms with Gasteiger partial charge in [0.2, 0.25) is 10.0 Å². The first-order chi connectivity index (χ1) is 13.2. The van der Waals surface area contributed by atoms with E-state index >= 15 is 0 Å². The summed E-state index contributed by atoms with van der Waals surface area (Å²) in [5.74, 6) is -1.78. The van der Waals surface area contributed by atoms with Crippen molar-refractivity contribution in [3.63, 3.8) is 0 Å². The molecule has 0 aliphatic rings. The average molecular weight is 407 g/mol. The summed E-state index contributed by atoms with van der Waals surface area (Å²) in [5.41, 5.74) is -0.325. The van der Waals surface area contributed by atoms with Crippen molar-refractivity contribution in [1.29, 1.82) is 0 Å². The van der Waals surface area contributed by atoms with Gasteiger partial charge in [-0.15, -0.1) is 0 Å². The fraction of sp³-hybridized carbons (Fsp3) is 0.235. The Bertz CT molecular complexity index is 1240. The quantitative estimate of drug-likeness (QED) is 0.424. The second-order valence-electron chi connectivity index (χ2n) is 5.87. The molecular formula is C17H17N3O7S. The molecule has 2 heterocycles. The summed E-state index contributed by atoms with van der Waals surface area (Å²) in [6.45, 7) is 1.70. The van der Waals surface area contributed by atoms with Crippen molar-refractivity contribution >= 4 is 43.8 Å². The lowest BCUT2D eigenvalue weighted by Crippen LogP contribution is -2.26. The van der Waals surface area contributed by atoms with Crippen LogP contribution >= 0.6 is 0 Å². The van der Waals surface area contributed by atoms with Crippen LogP contribution < -0.4 is 10.3 Å². The van der Waals surface area contributed by atoms with Gasteiger partial charge in [-0.05, 0) is 25.1 Å². The van der Waals surface area contributed by atoms with Crippen LogP contribution in [0.25, 0.3) is 21.8 Å². The van der Waals surface area contributed by atoms with Crippen LogP contribution in [0.15, 0.2) is 34.1 Å². The van der Waals surface area contributed by atoms with Gasteiger partial charge >= 0.3 is 11.9 Å². The van der Waals surface area contributed by atoms with E-state index in [-0.39, 0.29) is 46.3 Å². The molecule has 0 bridgehead atoms. The summed E-state index contributed by atoms with van der Waals surface area (Å²) in [7, 11) is -3.96. The maximum Gasteiger partial charge on any atom is 0.337 e. The molecule has 10 nitrogen and oxygen atoms in total. The summed E-state index contributed by atoms with van der Waals surface area (Å²) < 4.78 is 32.1. The first kappa shape index (κ1) is 19.6. The molecule has 11 heteroatoms. The maximum atomic E-state index is 12.5.